The molecule has 0 saturated carbocycles. The number of pyridine rings is 1. The van der Waals surface area contributed by atoms with E-state index in [1.54, 1.807) is 6.20 Å². The molecule has 90 valence electrons. The van der Waals surface area contributed by atoms with E-state index >= 15 is 0 Å². The lowest BCUT2D eigenvalue weighted by atomic mass is 10.1. The molecule has 0 radical (unpaired) electrons. The highest BCUT2D eigenvalue weighted by molar-refractivity contribution is 5.97. The van der Waals surface area contributed by atoms with Gasteiger partial charge in [-0.2, -0.15) is 0 Å². The number of rotatable bonds is 3. The second kappa shape index (κ2) is 4.59. The number of hydrogen-bond donors (Lipinski definition) is 2. The van der Waals surface area contributed by atoms with Gasteiger partial charge in [0.1, 0.15) is 0 Å². The van der Waals surface area contributed by atoms with Gasteiger partial charge in [-0.05, 0) is 19.1 Å². The van der Waals surface area contributed by atoms with Gasteiger partial charge in [-0.1, -0.05) is 12.1 Å². The number of nitrogens with zero attached hydrogens (tertiary/aromatic N) is 2. The van der Waals surface area contributed by atoms with Crippen LogP contribution in [0.2, 0.25) is 0 Å². The molecule has 4 nitrogen and oxygen atoms in total. The molecule has 1 heterocycles. The zero-order chi connectivity index (χ0) is 12.4. The summed E-state index contributed by atoms with van der Waals surface area (Å²) in [5.41, 5.74) is 8.42. The van der Waals surface area contributed by atoms with Crippen LogP contribution in [0.25, 0.3) is 10.9 Å². The summed E-state index contributed by atoms with van der Waals surface area (Å²) < 4.78 is 0. The number of aliphatic hydroxyl groups is 1. The minimum atomic E-state index is 0.0574. The smallest absolute Gasteiger partial charge is 0.0951 e. The average Bonchev–Trinajstić information content (AvgIpc) is 2.37. The van der Waals surface area contributed by atoms with Crippen molar-refractivity contribution in [1.29, 1.82) is 0 Å². The monoisotopic (exact) mass is 231 g/mol. The molecule has 3 N–H and O–H groups in total. The third kappa shape index (κ3) is 2.03. The fraction of sp³-hybridized carbons (Fsp3) is 0.308. The van der Waals surface area contributed by atoms with Gasteiger partial charge in [-0.3, -0.25) is 4.98 Å². The van der Waals surface area contributed by atoms with Crippen molar-refractivity contribution in [3.05, 3.63) is 30.5 Å². The number of aromatic nitrogens is 1. The summed E-state index contributed by atoms with van der Waals surface area (Å²) >= 11 is 0. The standard InChI is InChI=1S/C13H17N3O/c1-9(8-17)16(2)12-6-7-15-13-10(12)4-3-5-11(13)14/h3-7,9,17H,8,14H2,1-2H3. The number of fused-ring (bicyclic) bond motifs is 1. The number of likely N-dealkylation sites (N-methyl/N-ethyl adjacent to an activating group) is 1. The summed E-state index contributed by atoms with van der Waals surface area (Å²) in [5.74, 6) is 0. The number of nitrogens with two attached hydrogens (primary N) is 1. The first kappa shape index (κ1) is 11.7. The number of para-hydroxylation sites is 1. The van der Waals surface area contributed by atoms with Gasteiger partial charge in [-0.25, -0.2) is 0 Å². The third-order valence-corrected chi connectivity index (χ3v) is 3.08. The largest absolute Gasteiger partial charge is 0.397 e. The van der Waals surface area contributed by atoms with E-state index in [1.807, 2.05) is 43.1 Å². The van der Waals surface area contributed by atoms with E-state index in [-0.39, 0.29) is 12.6 Å². The summed E-state index contributed by atoms with van der Waals surface area (Å²) in [7, 11) is 1.96. The van der Waals surface area contributed by atoms with Crippen molar-refractivity contribution < 1.29 is 5.11 Å². The fourth-order valence-corrected chi connectivity index (χ4v) is 1.85. The lowest BCUT2D eigenvalue weighted by Crippen LogP contribution is -2.31. The highest BCUT2D eigenvalue weighted by Crippen LogP contribution is 2.28. The van der Waals surface area contributed by atoms with Crippen LogP contribution >= 0.6 is 0 Å². The maximum atomic E-state index is 9.21. The van der Waals surface area contributed by atoms with Gasteiger partial charge in [0.05, 0.1) is 17.8 Å². The van der Waals surface area contributed by atoms with Crippen molar-refractivity contribution in [2.24, 2.45) is 0 Å². The molecular formula is C13H17N3O. The van der Waals surface area contributed by atoms with Crippen LogP contribution in [0.4, 0.5) is 11.4 Å². The Bertz CT molecular complexity index is 527. The molecule has 0 aliphatic rings. The number of anilines is 2. The first-order valence-electron chi connectivity index (χ1n) is 5.62. The first-order chi connectivity index (χ1) is 8.15. The van der Waals surface area contributed by atoms with Gasteiger partial charge in [0.2, 0.25) is 0 Å². The van der Waals surface area contributed by atoms with Crippen molar-refractivity contribution in [2.75, 3.05) is 24.3 Å². The second-order valence-electron chi connectivity index (χ2n) is 4.22. The van der Waals surface area contributed by atoms with E-state index in [9.17, 15) is 5.11 Å². The molecule has 1 unspecified atom stereocenters. The highest BCUT2D eigenvalue weighted by atomic mass is 16.3. The number of aliphatic hydroxyl groups excluding tert-OH is 1. The molecule has 0 saturated heterocycles. The fourth-order valence-electron chi connectivity index (χ4n) is 1.85. The lowest BCUT2D eigenvalue weighted by molar-refractivity contribution is 0.270. The Hall–Kier alpha value is -1.81. The van der Waals surface area contributed by atoms with Crippen LogP contribution in [-0.4, -0.2) is 29.8 Å². The lowest BCUT2D eigenvalue weighted by Gasteiger charge is -2.26. The predicted molar refractivity (Wildman–Crippen MR) is 71.1 cm³/mol. The first-order valence-corrected chi connectivity index (χ1v) is 5.62. The minimum Gasteiger partial charge on any atom is -0.397 e. The molecule has 1 aromatic carbocycles. The summed E-state index contributed by atoms with van der Waals surface area (Å²) in [6.45, 7) is 2.08. The normalized spacial score (nSPS) is 12.6. The molecule has 0 spiro atoms. The summed E-state index contributed by atoms with van der Waals surface area (Å²) in [6, 6.07) is 7.75. The second-order valence-corrected chi connectivity index (χ2v) is 4.22. The number of benzene rings is 1. The number of hydrogen-bond acceptors (Lipinski definition) is 4. The minimum absolute atomic E-state index is 0.0574. The quantitative estimate of drug-likeness (QED) is 0.788. The van der Waals surface area contributed by atoms with E-state index in [2.05, 4.69) is 4.98 Å². The molecule has 1 atom stereocenters. The van der Waals surface area contributed by atoms with Gasteiger partial charge in [0.15, 0.2) is 0 Å². The zero-order valence-corrected chi connectivity index (χ0v) is 10.1. The van der Waals surface area contributed by atoms with Crippen LogP contribution in [0.15, 0.2) is 30.5 Å². The average molecular weight is 231 g/mol. The van der Waals surface area contributed by atoms with Crippen molar-refractivity contribution in [2.45, 2.75) is 13.0 Å². The highest BCUT2D eigenvalue weighted by Gasteiger charge is 2.12. The van der Waals surface area contributed by atoms with Crippen LogP contribution in [0.5, 0.6) is 0 Å². The number of nitrogen functional groups attached to an aromatic ring is 1. The topological polar surface area (TPSA) is 62.4 Å². The Balaban J connectivity index is 2.58. The summed E-state index contributed by atoms with van der Waals surface area (Å²) in [6.07, 6.45) is 1.74. The Morgan fingerprint density at radius 3 is 2.88 bits per heavy atom. The Labute approximate surface area is 101 Å². The Morgan fingerprint density at radius 1 is 1.41 bits per heavy atom. The van der Waals surface area contributed by atoms with Gasteiger partial charge in [0.25, 0.3) is 0 Å². The van der Waals surface area contributed by atoms with Gasteiger partial charge in [-0.15, -0.1) is 0 Å². The molecule has 2 rings (SSSR count). The maximum absolute atomic E-state index is 9.21. The van der Waals surface area contributed by atoms with Crippen molar-refractivity contribution >= 4 is 22.3 Å². The van der Waals surface area contributed by atoms with Crippen LogP contribution < -0.4 is 10.6 Å². The van der Waals surface area contributed by atoms with Crippen LogP contribution in [-0.2, 0) is 0 Å². The van der Waals surface area contributed by atoms with Gasteiger partial charge >= 0.3 is 0 Å². The molecule has 0 aliphatic carbocycles. The Kier molecular flexibility index (Phi) is 3.15. The summed E-state index contributed by atoms with van der Waals surface area (Å²) in [4.78, 5) is 6.33. The van der Waals surface area contributed by atoms with E-state index in [0.717, 1.165) is 16.6 Å². The van der Waals surface area contributed by atoms with Crippen LogP contribution in [0, 0.1) is 0 Å². The van der Waals surface area contributed by atoms with Crippen molar-refractivity contribution in [3.63, 3.8) is 0 Å². The van der Waals surface area contributed by atoms with E-state index < -0.39 is 0 Å². The van der Waals surface area contributed by atoms with Crippen LogP contribution in [0.1, 0.15) is 6.92 Å². The van der Waals surface area contributed by atoms with Crippen molar-refractivity contribution in [1.82, 2.24) is 4.98 Å². The van der Waals surface area contributed by atoms with E-state index in [0.29, 0.717) is 5.69 Å². The molecule has 17 heavy (non-hydrogen) atoms. The molecule has 4 heteroatoms. The SMILES string of the molecule is CC(CO)N(C)c1ccnc2c(N)cccc12. The molecule has 0 aliphatic heterocycles. The molecule has 0 amide bonds. The molecule has 0 bridgehead atoms. The molecule has 1 aromatic heterocycles. The van der Waals surface area contributed by atoms with E-state index in [4.69, 9.17) is 5.73 Å². The molecular weight excluding hydrogens is 214 g/mol. The van der Waals surface area contributed by atoms with Gasteiger partial charge in [0, 0.05) is 30.4 Å². The maximum Gasteiger partial charge on any atom is 0.0951 e. The zero-order valence-electron chi connectivity index (χ0n) is 10.1. The summed E-state index contributed by atoms with van der Waals surface area (Å²) in [5, 5.41) is 10.2. The molecule has 0 fully saturated rings. The molecule has 2 aromatic rings. The van der Waals surface area contributed by atoms with Crippen molar-refractivity contribution in [3.8, 4) is 0 Å². The Morgan fingerprint density at radius 2 is 2.18 bits per heavy atom. The predicted octanol–water partition coefficient (Wildman–Crippen LogP) is 1.63. The third-order valence-electron chi connectivity index (χ3n) is 3.08. The van der Waals surface area contributed by atoms with Crippen LogP contribution in [0.3, 0.4) is 0 Å². The van der Waals surface area contributed by atoms with E-state index in [1.165, 1.54) is 0 Å². The van der Waals surface area contributed by atoms with Gasteiger partial charge < -0.3 is 15.7 Å².